The van der Waals surface area contributed by atoms with E-state index in [2.05, 4.69) is 11.4 Å². The Morgan fingerprint density at radius 1 is 0.895 bits per heavy atom. The van der Waals surface area contributed by atoms with Crippen molar-refractivity contribution >= 4 is 17.8 Å². The first-order valence-electron chi connectivity index (χ1n) is 11.7. The zero-order valence-corrected chi connectivity index (χ0v) is 21.5. The summed E-state index contributed by atoms with van der Waals surface area (Å²) < 4.78 is 21.8. The summed E-state index contributed by atoms with van der Waals surface area (Å²) in [5.74, 6) is 0.400. The van der Waals surface area contributed by atoms with Gasteiger partial charge < -0.3 is 18.6 Å². The van der Waals surface area contributed by atoms with Gasteiger partial charge in [0.05, 0.1) is 19.8 Å². The fourth-order valence-electron chi connectivity index (χ4n) is 3.93. The molecule has 0 bridgehead atoms. The lowest BCUT2D eigenvalue weighted by molar-refractivity contribution is -0.119. The number of carbonyl (C=O) groups excluding carboxylic acids is 2. The Labute approximate surface area is 220 Å². The first kappa shape index (κ1) is 26.0. The van der Waals surface area contributed by atoms with Crippen molar-refractivity contribution in [1.82, 2.24) is 0 Å². The molecule has 8 nitrogen and oxygen atoms in total. The Hall–Kier alpha value is -5.03. The third-order valence-corrected chi connectivity index (χ3v) is 5.95. The molecule has 0 aliphatic rings. The molecule has 3 aromatic carbocycles. The molecule has 0 radical (unpaired) electrons. The van der Waals surface area contributed by atoms with Gasteiger partial charge in [-0.25, -0.2) is 4.79 Å². The van der Waals surface area contributed by atoms with E-state index in [0.29, 0.717) is 39.5 Å². The Bertz CT molecular complexity index is 1510. The number of nitrogens with one attached hydrogen (secondary N) is 1. The second kappa shape index (κ2) is 11.4. The number of esters is 1. The number of amides is 1. The maximum Gasteiger partial charge on any atom is 0.338 e. The van der Waals surface area contributed by atoms with Crippen LogP contribution in [0.25, 0.3) is 22.5 Å². The zero-order valence-electron chi connectivity index (χ0n) is 21.5. The second-order valence-electron chi connectivity index (χ2n) is 8.52. The van der Waals surface area contributed by atoms with Crippen molar-refractivity contribution in [2.45, 2.75) is 13.8 Å². The van der Waals surface area contributed by atoms with Crippen molar-refractivity contribution in [2.24, 2.45) is 0 Å². The van der Waals surface area contributed by atoms with E-state index in [-0.39, 0.29) is 11.4 Å². The summed E-state index contributed by atoms with van der Waals surface area (Å²) in [5, 5.41) is 12.6. The van der Waals surface area contributed by atoms with Gasteiger partial charge in [0.1, 0.15) is 28.9 Å². The number of aryl methyl sites for hydroxylation is 2. The molecule has 0 spiro atoms. The fraction of sp³-hybridized carbons (Fsp3) is 0.167. The molecule has 1 amide bonds. The van der Waals surface area contributed by atoms with Crippen LogP contribution in [-0.4, -0.2) is 32.7 Å². The fourth-order valence-corrected chi connectivity index (χ4v) is 3.93. The molecule has 38 heavy (non-hydrogen) atoms. The van der Waals surface area contributed by atoms with Crippen LogP contribution in [0.1, 0.15) is 27.0 Å². The maximum absolute atomic E-state index is 12.7. The van der Waals surface area contributed by atoms with Crippen LogP contribution in [-0.2, 0) is 9.53 Å². The van der Waals surface area contributed by atoms with Crippen molar-refractivity contribution in [2.75, 3.05) is 26.1 Å². The Morgan fingerprint density at radius 3 is 2.08 bits per heavy atom. The number of ether oxygens (including phenoxy) is 3. The molecule has 0 unspecified atom stereocenters. The highest BCUT2D eigenvalue weighted by atomic mass is 16.5. The van der Waals surface area contributed by atoms with Gasteiger partial charge in [-0.15, -0.1) is 0 Å². The number of methoxy groups -OCH3 is 2. The van der Waals surface area contributed by atoms with Crippen LogP contribution in [0.15, 0.2) is 71.1 Å². The monoisotopic (exact) mass is 510 g/mol. The molecule has 1 aromatic heterocycles. The summed E-state index contributed by atoms with van der Waals surface area (Å²) in [5.41, 5.74) is 4.04. The minimum absolute atomic E-state index is 0.0445. The van der Waals surface area contributed by atoms with Gasteiger partial charge >= 0.3 is 5.97 Å². The average molecular weight is 511 g/mol. The van der Waals surface area contributed by atoms with Crippen LogP contribution in [0.5, 0.6) is 11.5 Å². The molecule has 0 saturated carbocycles. The average Bonchev–Trinajstić information content (AvgIpc) is 3.30. The van der Waals surface area contributed by atoms with Crippen molar-refractivity contribution in [3.05, 3.63) is 89.0 Å². The number of nitrogens with zero attached hydrogens (tertiary/aromatic N) is 1. The maximum atomic E-state index is 12.7. The van der Waals surface area contributed by atoms with Gasteiger partial charge in [0.15, 0.2) is 6.61 Å². The van der Waals surface area contributed by atoms with E-state index in [4.69, 9.17) is 18.6 Å². The summed E-state index contributed by atoms with van der Waals surface area (Å²) in [6.07, 6.45) is 0. The Balaban J connectivity index is 1.64. The summed E-state index contributed by atoms with van der Waals surface area (Å²) in [4.78, 5) is 25.3. The molecule has 0 atom stereocenters. The van der Waals surface area contributed by atoms with Crippen LogP contribution >= 0.6 is 0 Å². The van der Waals surface area contributed by atoms with Crippen LogP contribution in [0, 0.1) is 25.2 Å². The molecule has 1 heterocycles. The first-order valence-corrected chi connectivity index (χ1v) is 11.7. The number of hydrogen-bond donors (Lipinski definition) is 1. The number of carbonyl (C=O) groups is 2. The molecule has 1 N–H and O–H groups in total. The van der Waals surface area contributed by atoms with E-state index < -0.39 is 18.5 Å². The van der Waals surface area contributed by atoms with Crippen molar-refractivity contribution in [3.8, 4) is 40.0 Å². The van der Waals surface area contributed by atoms with Gasteiger partial charge in [-0.05, 0) is 67.4 Å². The molecular weight excluding hydrogens is 484 g/mol. The van der Waals surface area contributed by atoms with Crippen LogP contribution < -0.4 is 14.8 Å². The molecule has 0 fully saturated rings. The van der Waals surface area contributed by atoms with Crippen molar-refractivity contribution in [1.29, 1.82) is 5.26 Å². The smallest absolute Gasteiger partial charge is 0.338 e. The minimum atomic E-state index is -0.642. The lowest BCUT2D eigenvalue weighted by Crippen LogP contribution is -2.21. The molecule has 192 valence electrons. The topological polar surface area (TPSA) is 111 Å². The number of anilines is 1. The lowest BCUT2D eigenvalue weighted by Gasteiger charge is -2.08. The second-order valence-corrected chi connectivity index (χ2v) is 8.52. The highest BCUT2D eigenvalue weighted by Gasteiger charge is 2.25. The number of benzene rings is 3. The van der Waals surface area contributed by atoms with Crippen LogP contribution in [0.4, 0.5) is 5.88 Å². The lowest BCUT2D eigenvalue weighted by atomic mass is 9.98. The normalized spacial score (nSPS) is 10.4. The number of rotatable bonds is 8. The number of furan rings is 1. The van der Waals surface area contributed by atoms with Crippen LogP contribution in [0.3, 0.4) is 0 Å². The molecule has 8 heteroatoms. The first-order chi connectivity index (χ1) is 18.3. The van der Waals surface area contributed by atoms with Gasteiger partial charge in [0.2, 0.25) is 5.88 Å². The van der Waals surface area contributed by atoms with Gasteiger partial charge in [-0.2, -0.15) is 5.26 Å². The van der Waals surface area contributed by atoms with E-state index in [1.54, 1.807) is 75.7 Å². The van der Waals surface area contributed by atoms with E-state index in [1.165, 1.54) is 0 Å². The summed E-state index contributed by atoms with van der Waals surface area (Å²) in [7, 11) is 3.14. The van der Waals surface area contributed by atoms with E-state index in [0.717, 1.165) is 11.1 Å². The molecule has 0 aliphatic heterocycles. The van der Waals surface area contributed by atoms with Gasteiger partial charge in [0.25, 0.3) is 5.91 Å². The van der Waals surface area contributed by atoms with Crippen molar-refractivity contribution in [3.63, 3.8) is 0 Å². The van der Waals surface area contributed by atoms with Gasteiger partial charge in [0, 0.05) is 11.1 Å². The standard InChI is InChI=1S/C30H26N2O6/c1-18-5-6-19(2)24(15-18)30(34)37-17-26(33)32-29-25(16-31)27(20-7-11-22(35-3)12-8-20)28(38-29)21-9-13-23(36-4)14-10-21/h5-15H,17H2,1-4H3,(H,32,33). The van der Waals surface area contributed by atoms with E-state index >= 15 is 0 Å². The summed E-state index contributed by atoms with van der Waals surface area (Å²) in [6.45, 7) is 3.11. The van der Waals surface area contributed by atoms with Crippen molar-refractivity contribution < 1.29 is 28.2 Å². The third kappa shape index (κ3) is 5.52. The minimum Gasteiger partial charge on any atom is -0.497 e. The SMILES string of the molecule is COc1ccc(-c2oc(NC(=O)COC(=O)c3cc(C)ccc3C)c(C#N)c2-c2ccc(OC)cc2)cc1. The highest BCUT2D eigenvalue weighted by Crippen LogP contribution is 2.42. The van der Waals surface area contributed by atoms with E-state index in [1.807, 2.05) is 19.1 Å². The Morgan fingerprint density at radius 2 is 1.50 bits per heavy atom. The van der Waals surface area contributed by atoms with E-state index in [9.17, 15) is 14.9 Å². The third-order valence-electron chi connectivity index (χ3n) is 5.95. The van der Waals surface area contributed by atoms with Crippen LogP contribution in [0.2, 0.25) is 0 Å². The molecule has 0 aliphatic carbocycles. The largest absolute Gasteiger partial charge is 0.497 e. The predicted molar refractivity (Wildman–Crippen MR) is 142 cm³/mol. The number of hydrogen-bond acceptors (Lipinski definition) is 7. The highest BCUT2D eigenvalue weighted by molar-refractivity contribution is 5.98. The molecule has 4 rings (SSSR count). The number of nitriles is 1. The summed E-state index contributed by atoms with van der Waals surface area (Å²) >= 11 is 0. The van der Waals surface area contributed by atoms with Gasteiger partial charge in [-0.1, -0.05) is 29.8 Å². The zero-order chi connectivity index (χ0) is 27.2. The van der Waals surface area contributed by atoms with Gasteiger partial charge in [-0.3, -0.25) is 10.1 Å². The summed E-state index contributed by atoms with van der Waals surface area (Å²) in [6, 6.07) is 21.8. The quantitative estimate of drug-likeness (QED) is 0.293. The molecule has 0 saturated heterocycles. The Kier molecular flexibility index (Phi) is 7.78. The predicted octanol–water partition coefficient (Wildman–Crippen LogP) is 5.91. The molecular formula is C30H26N2O6. The molecule has 4 aromatic rings.